The van der Waals surface area contributed by atoms with E-state index >= 15 is 0 Å². The monoisotopic (exact) mass is 452 g/mol. The fourth-order valence-corrected chi connectivity index (χ4v) is 4.71. The van der Waals surface area contributed by atoms with E-state index in [9.17, 15) is 14.4 Å². The summed E-state index contributed by atoms with van der Waals surface area (Å²) in [7, 11) is 0. The Morgan fingerprint density at radius 2 is 1.78 bits per heavy atom. The van der Waals surface area contributed by atoms with Gasteiger partial charge in [0, 0.05) is 16.5 Å². The molecule has 6 nitrogen and oxygen atoms in total. The number of imide groups is 1. The second-order valence-electron chi connectivity index (χ2n) is 8.57. The van der Waals surface area contributed by atoms with Gasteiger partial charge in [0.25, 0.3) is 5.91 Å². The summed E-state index contributed by atoms with van der Waals surface area (Å²) < 4.78 is 5.36. The Morgan fingerprint density at radius 3 is 2.44 bits per heavy atom. The van der Waals surface area contributed by atoms with Gasteiger partial charge in [-0.2, -0.15) is 0 Å². The largest absolute Gasteiger partial charge is 0.423 e. The van der Waals surface area contributed by atoms with Crippen molar-refractivity contribution in [1.82, 2.24) is 10.2 Å². The number of carbonyl (C=O) groups is 2. The van der Waals surface area contributed by atoms with Crippen LogP contribution in [0.3, 0.4) is 0 Å². The molecule has 2 aromatic carbocycles. The minimum atomic E-state index is -1.14. The van der Waals surface area contributed by atoms with Crippen LogP contribution in [0.2, 0.25) is 5.02 Å². The number of hydrogen-bond acceptors (Lipinski definition) is 4. The standard InChI is InChI=1S/C25H25ClN2O4/c1-4-16-10-21-19(12-20(16)26)17(11-22(29)32-21)14-28-23(30)25(13-15(2)3,27-24(28)31)18-8-6-5-7-9-18/h5-12,15H,4,13-14H2,1-3H3,(H,27,31)/t25-/m1/s1. The number of hydrogen-bond donors (Lipinski definition) is 1. The molecule has 1 aliphatic rings. The first-order valence-electron chi connectivity index (χ1n) is 10.7. The lowest BCUT2D eigenvalue weighted by atomic mass is 9.82. The summed E-state index contributed by atoms with van der Waals surface area (Å²) >= 11 is 6.39. The lowest BCUT2D eigenvalue weighted by Crippen LogP contribution is -2.45. The zero-order valence-electron chi connectivity index (χ0n) is 18.3. The first-order chi connectivity index (χ1) is 15.2. The maximum atomic E-state index is 13.7. The van der Waals surface area contributed by atoms with Crippen LogP contribution in [0.1, 0.15) is 43.9 Å². The molecule has 32 heavy (non-hydrogen) atoms. The molecule has 2 heterocycles. The number of rotatable bonds is 6. The Morgan fingerprint density at radius 1 is 1.06 bits per heavy atom. The van der Waals surface area contributed by atoms with Gasteiger partial charge in [-0.25, -0.2) is 9.59 Å². The van der Waals surface area contributed by atoms with Gasteiger partial charge in [0.1, 0.15) is 11.1 Å². The molecule has 0 radical (unpaired) electrons. The van der Waals surface area contributed by atoms with Crippen LogP contribution in [-0.2, 0) is 23.3 Å². The molecular weight excluding hydrogens is 428 g/mol. The van der Waals surface area contributed by atoms with Gasteiger partial charge in [-0.15, -0.1) is 0 Å². The second-order valence-corrected chi connectivity index (χ2v) is 8.98. The van der Waals surface area contributed by atoms with Gasteiger partial charge in [0.15, 0.2) is 0 Å². The van der Waals surface area contributed by atoms with Crippen molar-refractivity contribution in [3.63, 3.8) is 0 Å². The summed E-state index contributed by atoms with van der Waals surface area (Å²) in [5.74, 6) is -0.171. The van der Waals surface area contributed by atoms with Crippen molar-refractivity contribution >= 4 is 34.5 Å². The Bertz CT molecular complexity index is 1250. The third-order valence-corrected chi connectivity index (χ3v) is 6.22. The SMILES string of the molecule is CCc1cc2oc(=O)cc(CN3C(=O)N[C@](CC(C)C)(c4ccccc4)C3=O)c2cc1Cl. The van der Waals surface area contributed by atoms with Crippen LogP contribution in [0.15, 0.2) is 57.7 Å². The highest BCUT2D eigenvalue weighted by atomic mass is 35.5. The van der Waals surface area contributed by atoms with E-state index in [4.69, 9.17) is 16.0 Å². The first kappa shape index (κ1) is 22.1. The fourth-order valence-electron chi connectivity index (χ4n) is 4.42. The third kappa shape index (κ3) is 3.79. The molecule has 0 bridgehead atoms. The molecule has 0 spiro atoms. The molecular formula is C25H25ClN2O4. The predicted octanol–water partition coefficient (Wildman–Crippen LogP) is 5.00. The highest BCUT2D eigenvalue weighted by Crippen LogP contribution is 2.36. The maximum absolute atomic E-state index is 13.7. The number of carbonyl (C=O) groups excluding carboxylic acids is 2. The van der Waals surface area contributed by atoms with Crippen LogP contribution >= 0.6 is 11.6 Å². The van der Waals surface area contributed by atoms with E-state index in [1.54, 1.807) is 12.1 Å². The van der Waals surface area contributed by atoms with E-state index in [0.717, 1.165) is 11.1 Å². The van der Waals surface area contributed by atoms with Crippen LogP contribution in [0.25, 0.3) is 11.0 Å². The molecule has 1 aromatic heterocycles. The number of aryl methyl sites for hydroxylation is 1. The molecule has 1 atom stereocenters. The second kappa shape index (κ2) is 8.43. The summed E-state index contributed by atoms with van der Waals surface area (Å²) in [6.07, 6.45) is 1.14. The Kier molecular flexibility index (Phi) is 5.82. The van der Waals surface area contributed by atoms with E-state index in [1.165, 1.54) is 11.0 Å². The topological polar surface area (TPSA) is 79.6 Å². The van der Waals surface area contributed by atoms with Crippen molar-refractivity contribution in [2.24, 2.45) is 5.92 Å². The maximum Gasteiger partial charge on any atom is 0.336 e. The number of amides is 3. The van der Waals surface area contributed by atoms with E-state index < -0.39 is 17.2 Å². The number of urea groups is 1. The predicted molar refractivity (Wildman–Crippen MR) is 124 cm³/mol. The van der Waals surface area contributed by atoms with Crippen molar-refractivity contribution < 1.29 is 14.0 Å². The molecule has 0 aliphatic carbocycles. The molecule has 1 N–H and O–H groups in total. The highest BCUT2D eigenvalue weighted by molar-refractivity contribution is 6.32. The van der Waals surface area contributed by atoms with Gasteiger partial charge in [0.2, 0.25) is 0 Å². The van der Waals surface area contributed by atoms with Crippen LogP contribution in [-0.4, -0.2) is 16.8 Å². The molecule has 166 valence electrons. The Balaban J connectivity index is 1.78. The van der Waals surface area contributed by atoms with E-state index in [1.807, 2.05) is 51.1 Å². The number of nitrogens with zero attached hydrogens (tertiary/aromatic N) is 1. The Labute approximate surface area is 191 Å². The fraction of sp³-hybridized carbons (Fsp3) is 0.320. The highest BCUT2D eigenvalue weighted by Gasteiger charge is 2.52. The molecule has 3 aromatic rings. The first-order valence-corrected chi connectivity index (χ1v) is 11.1. The van der Waals surface area contributed by atoms with Gasteiger partial charge >= 0.3 is 11.7 Å². The third-order valence-electron chi connectivity index (χ3n) is 5.86. The van der Waals surface area contributed by atoms with Crippen molar-refractivity contribution in [2.75, 3.05) is 0 Å². The summed E-state index contributed by atoms with van der Waals surface area (Å²) in [6.45, 7) is 5.92. The smallest absolute Gasteiger partial charge is 0.336 e. The molecule has 3 amide bonds. The Hall–Kier alpha value is -3.12. The van der Waals surface area contributed by atoms with E-state index in [0.29, 0.717) is 34.4 Å². The van der Waals surface area contributed by atoms with Crippen molar-refractivity contribution in [3.05, 3.63) is 80.7 Å². The van der Waals surface area contributed by atoms with Gasteiger partial charge in [-0.05, 0) is 47.6 Å². The summed E-state index contributed by atoms with van der Waals surface area (Å²) in [5.41, 5.74) is 0.807. The molecule has 1 aliphatic heterocycles. The number of halogens is 1. The molecule has 4 rings (SSSR count). The summed E-state index contributed by atoms with van der Waals surface area (Å²) in [6, 6.07) is 13.6. The minimum Gasteiger partial charge on any atom is -0.423 e. The van der Waals surface area contributed by atoms with Crippen molar-refractivity contribution in [3.8, 4) is 0 Å². The molecule has 1 fully saturated rings. The minimum absolute atomic E-state index is 0.0543. The molecule has 0 unspecified atom stereocenters. The zero-order valence-corrected chi connectivity index (χ0v) is 19.0. The number of fused-ring (bicyclic) bond motifs is 1. The van der Waals surface area contributed by atoms with E-state index in [-0.39, 0.29) is 18.4 Å². The number of nitrogens with one attached hydrogen (secondary N) is 1. The van der Waals surface area contributed by atoms with Crippen LogP contribution in [0.5, 0.6) is 0 Å². The average Bonchev–Trinajstić information content (AvgIpc) is 2.98. The summed E-state index contributed by atoms with van der Waals surface area (Å²) in [4.78, 5) is 40.1. The quantitative estimate of drug-likeness (QED) is 0.421. The van der Waals surface area contributed by atoms with Crippen molar-refractivity contribution in [1.29, 1.82) is 0 Å². The average molecular weight is 453 g/mol. The summed E-state index contributed by atoms with van der Waals surface area (Å²) in [5, 5.41) is 4.09. The lowest BCUT2D eigenvalue weighted by Gasteiger charge is -2.29. The molecule has 1 saturated heterocycles. The van der Waals surface area contributed by atoms with Crippen LogP contribution in [0.4, 0.5) is 4.79 Å². The normalized spacial score (nSPS) is 18.6. The van der Waals surface area contributed by atoms with Crippen LogP contribution < -0.4 is 10.9 Å². The van der Waals surface area contributed by atoms with Gasteiger partial charge in [-0.1, -0.05) is 62.7 Å². The molecule has 7 heteroatoms. The molecule has 0 saturated carbocycles. The van der Waals surface area contributed by atoms with E-state index in [2.05, 4.69) is 5.32 Å². The van der Waals surface area contributed by atoms with Crippen LogP contribution in [0, 0.1) is 5.92 Å². The lowest BCUT2D eigenvalue weighted by molar-refractivity contribution is -0.132. The van der Waals surface area contributed by atoms with Gasteiger partial charge in [0.05, 0.1) is 6.54 Å². The zero-order chi connectivity index (χ0) is 23.0. The van der Waals surface area contributed by atoms with Gasteiger partial charge in [-0.3, -0.25) is 9.69 Å². The van der Waals surface area contributed by atoms with Gasteiger partial charge < -0.3 is 9.73 Å². The van der Waals surface area contributed by atoms with Crippen molar-refractivity contribution in [2.45, 2.75) is 45.7 Å². The number of benzene rings is 2.